The van der Waals surface area contributed by atoms with Crippen molar-refractivity contribution < 1.29 is 9.59 Å². The highest BCUT2D eigenvalue weighted by molar-refractivity contribution is 6.37. The summed E-state index contributed by atoms with van der Waals surface area (Å²) in [5, 5.41) is 6.16. The molecule has 7 aromatic rings. The van der Waals surface area contributed by atoms with Gasteiger partial charge >= 0.3 is 0 Å². The maximum Gasteiger partial charge on any atom is 0.257 e. The van der Waals surface area contributed by atoms with E-state index in [9.17, 15) is 9.59 Å². The predicted octanol–water partition coefficient (Wildman–Crippen LogP) is 7.38. The maximum atomic E-state index is 13.9. The Morgan fingerprint density at radius 3 is 1.65 bits per heavy atom. The van der Waals surface area contributed by atoms with Crippen LogP contribution < -0.4 is 10.6 Å². The van der Waals surface area contributed by atoms with Crippen molar-refractivity contribution in [1.82, 2.24) is 40.2 Å². The van der Waals surface area contributed by atoms with Crippen LogP contribution in [0.15, 0.2) is 145 Å². The number of rotatable bonds is 8. The molecule has 1 aliphatic heterocycles. The average Bonchev–Trinajstić information content (AvgIpc) is 3.76. The van der Waals surface area contributed by atoms with E-state index in [4.69, 9.17) is 4.99 Å². The van der Waals surface area contributed by atoms with Crippen LogP contribution in [0.4, 0.5) is 5.82 Å². The first kappa shape index (κ1) is 34.4. The van der Waals surface area contributed by atoms with E-state index in [1.54, 1.807) is 12.1 Å². The molecule has 0 fully saturated rings. The molecule has 4 aromatic carbocycles. The number of hydrogen-bond donors (Lipinski definition) is 3. The molecule has 1 aliphatic rings. The lowest BCUT2D eigenvalue weighted by molar-refractivity contribution is 0.0975. The minimum absolute atomic E-state index is 0.267. The van der Waals surface area contributed by atoms with E-state index in [1.165, 1.54) is 25.3 Å². The topological polar surface area (TPSA) is 164 Å². The number of aromatic nitrogens is 7. The zero-order valence-corrected chi connectivity index (χ0v) is 29.7. The second kappa shape index (κ2) is 15.1. The Morgan fingerprint density at radius 1 is 0.564 bits per heavy atom. The lowest BCUT2D eigenvalue weighted by atomic mass is 9.95. The highest BCUT2D eigenvalue weighted by atomic mass is 16.2. The number of anilines is 1. The Kier molecular flexibility index (Phi) is 9.43. The Bertz CT molecular complexity index is 2640. The number of aliphatic imine (C=N–C) groups is 1. The van der Waals surface area contributed by atoms with Crippen molar-refractivity contribution in [2.45, 2.75) is 13.8 Å². The van der Waals surface area contributed by atoms with Gasteiger partial charge < -0.3 is 15.6 Å². The van der Waals surface area contributed by atoms with E-state index in [0.717, 1.165) is 22.3 Å². The number of carbonyl (C=O) groups is 2. The van der Waals surface area contributed by atoms with Crippen LogP contribution in [0.2, 0.25) is 0 Å². The first-order chi connectivity index (χ1) is 27.0. The molecule has 12 heteroatoms. The molecule has 4 heterocycles. The molecule has 0 bridgehead atoms. The Hall–Kier alpha value is -7.73. The molecular weight excluding hydrogens is 689 g/mol. The maximum absolute atomic E-state index is 13.9. The summed E-state index contributed by atoms with van der Waals surface area (Å²) >= 11 is 0. The zero-order valence-electron chi connectivity index (χ0n) is 29.7. The van der Waals surface area contributed by atoms with Gasteiger partial charge in [0.15, 0.2) is 11.6 Å². The lowest BCUT2D eigenvalue weighted by Gasteiger charge is -2.11. The summed E-state index contributed by atoms with van der Waals surface area (Å²) in [6.07, 6.45) is 7.52. The molecule has 3 aromatic heterocycles. The van der Waals surface area contributed by atoms with Gasteiger partial charge in [-0.05, 0) is 54.3 Å². The fourth-order valence-corrected chi connectivity index (χ4v) is 6.52. The fraction of sp³-hybridized carbons (Fsp3) is 0.0465. The quantitative estimate of drug-likeness (QED) is 0.146. The lowest BCUT2D eigenvalue weighted by Crippen LogP contribution is -2.31. The summed E-state index contributed by atoms with van der Waals surface area (Å²) in [7, 11) is 0. The first-order valence-corrected chi connectivity index (χ1v) is 17.4. The summed E-state index contributed by atoms with van der Waals surface area (Å²) < 4.78 is 0. The van der Waals surface area contributed by atoms with Gasteiger partial charge in [0.05, 0.1) is 22.5 Å². The average molecular weight is 721 g/mol. The summed E-state index contributed by atoms with van der Waals surface area (Å²) in [6.45, 7) is 3.77. The van der Waals surface area contributed by atoms with Gasteiger partial charge in [-0.25, -0.2) is 34.9 Å². The van der Waals surface area contributed by atoms with Crippen LogP contribution in [0.1, 0.15) is 48.9 Å². The van der Waals surface area contributed by atoms with E-state index >= 15 is 0 Å². The van der Waals surface area contributed by atoms with E-state index < -0.39 is 0 Å². The molecule has 8 rings (SSSR count). The molecular formula is C43H32N10O2. The number of H-pyrrole nitrogens is 1. The Labute approximate surface area is 316 Å². The molecule has 3 N–H and O–H groups in total. The highest BCUT2D eigenvalue weighted by Crippen LogP contribution is 2.43. The van der Waals surface area contributed by atoms with Crippen molar-refractivity contribution in [3.05, 3.63) is 180 Å². The SMILES string of the molecule is Cc1ccccc1C(=O)NC1=NC(=Cc2[nH]c(NC(=O)c3ccccc3C)c(-c3ncncn3)c2-c2ccccc2)C(c2ccccc2)=C1c1ncncn1. The normalized spacial score (nSPS) is 13.1. The van der Waals surface area contributed by atoms with Gasteiger partial charge in [-0.2, -0.15) is 0 Å². The zero-order chi connectivity index (χ0) is 37.7. The van der Waals surface area contributed by atoms with Crippen LogP contribution >= 0.6 is 0 Å². The third kappa shape index (κ3) is 6.94. The highest BCUT2D eigenvalue weighted by Gasteiger charge is 2.31. The van der Waals surface area contributed by atoms with Crippen LogP contribution in [0.3, 0.4) is 0 Å². The van der Waals surface area contributed by atoms with Crippen molar-refractivity contribution >= 4 is 40.7 Å². The molecule has 266 valence electrons. The fourth-order valence-electron chi connectivity index (χ4n) is 6.52. The number of hydrogen-bond acceptors (Lipinski definition) is 9. The van der Waals surface area contributed by atoms with E-state index in [-0.39, 0.29) is 17.6 Å². The third-order valence-corrected chi connectivity index (χ3v) is 9.09. The van der Waals surface area contributed by atoms with E-state index in [1.807, 2.05) is 117 Å². The Morgan fingerprint density at radius 2 is 1.07 bits per heavy atom. The molecule has 0 unspecified atom stereocenters. The number of nitrogens with zero attached hydrogens (tertiary/aromatic N) is 7. The third-order valence-electron chi connectivity index (χ3n) is 9.09. The molecule has 0 atom stereocenters. The standard InChI is InChI=1S/C43H32N10O2/c1-26-13-9-11-19-30(26)42(54)52-40-36(38-46-22-44-23-47-38)34(28-15-5-3-6-16-28)32(50-40)21-33-35(29-17-7-4-8-18-29)37(39-48-24-45-25-49-39)41(51-33)53-43(55)31-20-12-10-14-27(31)2/h3-25,50H,1-2H3,(H,52,54)(H,51,53,55). The van der Waals surface area contributed by atoms with Gasteiger partial charge in [0.1, 0.15) is 37.0 Å². The van der Waals surface area contributed by atoms with E-state index in [0.29, 0.717) is 62.3 Å². The number of amidine groups is 1. The molecule has 0 aliphatic carbocycles. The summed E-state index contributed by atoms with van der Waals surface area (Å²) in [5.74, 6) is 0.677. The molecule has 55 heavy (non-hydrogen) atoms. The van der Waals surface area contributed by atoms with Gasteiger partial charge in [0, 0.05) is 22.3 Å². The van der Waals surface area contributed by atoms with Gasteiger partial charge in [0.2, 0.25) is 0 Å². The predicted molar refractivity (Wildman–Crippen MR) is 211 cm³/mol. The van der Waals surface area contributed by atoms with Crippen LogP contribution in [-0.2, 0) is 0 Å². The van der Waals surface area contributed by atoms with Gasteiger partial charge in [0.25, 0.3) is 11.8 Å². The summed E-state index contributed by atoms with van der Waals surface area (Å²) in [4.78, 5) is 62.4. The van der Waals surface area contributed by atoms with Crippen LogP contribution in [0, 0.1) is 13.8 Å². The number of aryl methyl sites for hydroxylation is 2. The number of allylic oxidation sites excluding steroid dienone is 1. The number of benzene rings is 4. The van der Waals surface area contributed by atoms with Crippen molar-refractivity contribution in [3.8, 4) is 22.5 Å². The van der Waals surface area contributed by atoms with Crippen molar-refractivity contribution in [2.75, 3.05) is 5.32 Å². The van der Waals surface area contributed by atoms with Gasteiger partial charge in [-0.1, -0.05) is 97.1 Å². The largest absolute Gasteiger partial charge is 0.341 e. The minimum atomic E-state index is -0.333. The number of carbonyl (C=O) groups excluding carboxylic acids is 2. The van der Waals surface area contributed by atoms with Crippen LogP contribution in [0.25, 0.3) is 39.7 Å². The molecule has 0 saturated carbocycles. The summed E-state index contributed by atoms with van der Waals surface area (Å²) in [5.41, 5.74) is 7.85. The van der Waals surface area contributed by atoms with E-state index in [2.05, 4.69) is 45.5 Å². The van der Waals surface area contributed by atoms with Crippen LogP contribution in [-0.4, -0.2) is 52.5 Å². The smallest absolute Gasteiger partial charge is 0.257 e. The summed E-state index contributed by atoms with van der Waals surface area (Å²) in [6, 6.07) is 34.2. The minimum Gasteiger partial charge on any atom is -0.341 e. The number of nitrogens with one attached hydrogen (secondary N) is 3. The van der Waals surface area contributed by atoms with Crippen molar-refractivity contribution in [3.63, 3.8) is 0 Å². The monoisotopic (exact) mass is 720 g/mol. The second-order valence-corrected chi connectivity index (χ2v) is 12.6. The van der Waals surface area contributed by atoms with Gasteiger partial charge in [-0.3, -0.25) is 9.59 Å². The molecule has 2 amide bonds. The molecule has 0 saturated heterocycles. The molecule has 0 radical (unpaired) electrons. The molecule has 0 spiro atoms. The van der Waals surface area contributed by atoms with Crippen LogP contribution in [0.5, 0.6) is 0 Å². The van der Waals surface area contributed by atoms with Crippen molar-refractivity contribution in [2.24, 2.45) is 4.99 Å². The first-order valence-electron chi connectivity index (χ1n) is 17.4. The molecule has 12 nitrogen and oxygen atoms in total. The van der Waals surface area contributed by atoms with Crippen molar-refractivity contribution in [1.29, 1.82) is 0 Å². The number of aromatic amines is 1. The second-order valence-electron chi connectivity index (χ2n) is 12.6. The number of amides is 2. The Balaban J connectivity index is 1.38. The van der Waals surface area contributed by atoms with Gasteiger partial charge in [-0.15, -0.1) is 0 Å².